The predicted octanol–water partition coefficient (Wildman–Crippen LogP) is 2.52. The molecule has 1 rings (SSSR count). The van der Waals surface area contributed by atoms with Crippen molar-refractivity contribution in [2.24, 2.45) is 0 Å². The summed E-state index contributed by atoms with van der Waals surface area (Å²) in [5.74, 6) is -0.602. The summed E-state index contributed by atoms with van der Waals surface area (Å²) in [6.07, 6.45) is 0. The molecule has 0 bridgehead atoms. The van der Waals surface area contributed by atoms with Gasteiger partial charge in [-0.1, -0.05) is 38.1 Å². The Morgan fingerprint density at radius 1 is 1.00 bits per heavy atom. The van der Waals surface area contributed by atoms with Crippen LogP contribution in [0.25, 0.3) is 0 Å². The lowest BCUT2D eigenvalue weighted by Gasteiger charge is -2.08. The van der Waals surface area contributed by atoms with Gasteiger partial charge in [0.1, 0.15) is 0 Å². The molecule has 0 fully saturated rings. The number of Topliss-reactive ketones (excluding diaryl/α,β-unsaturated/α-hetero) is 1. The molecule has 0 saturated heterocycles. The quantitative estimate of drug-likeness (QED) is 0.641. The lowest BCUT2D eigenvalue weighted by molar-refractivity contribution is -0.117. The number of amides is 1. The van der Waals surface area contributed by atoms with E-state index in [9.17, 15) is 9.59 Å². The van der Waals surface area contributed by atoms with Gasteiger partial charge in [0.25, 0.3) is 5.91 Å². The zero-order chi connectivity index (χ0) is 13.0. The van der Waals surface area contributed by atoms with Crippen molar-refractivity contribution in [3.63, 3.8) is 0 Å². The van der Waals surface area contributed by atoms with Gasteiger partial charge >= 0.3 is 0 Å². The lowest BCUT2D eigenvalue weighted by atomic mass is 10.0. The second-order valence-electron chi connectivity index (χ2n) is 4.73. The Hall–Kier alpha value is -1.64. The van der Waals surface area contributed by atoms with Crippen molar-refractivity contribution in [1.29, 1.82) is 0 Å². The first-order chi connectivity index (χ1) is 7.91. The van der Waals surface area contributed by atoms with E-state index in [2.05, 4.69) is 19.2 Å². The van der Waals surface area contributed by atoms with Gasteiger partial charge in [-0.25, -0.2) is 0 Å². The molecule has 0 spiro atoms. The molecule has 1 aromatic rings. The van der Waals surface area contributed by atoms with Gasteiger partial charge in [-0.15, -0.1) is 0 Å². The summed E-state index contributed by atoms with van der Waals surface area (Å²) in [6.45, 7) is 7.82. The molecular weight excluding hydrogens is 214 g/mol. The number of carbonyl (C=O) groups excluding carboxylic acids is 2. The molecule has 1 aromatic carbocycles. The van der Waals surface area contributed by atoms with Crippen LogP contribution in [0.1, 0.15) is 49.5 Å². The van der Waals surface area contributed by atoms with Crippen LogP contribution in [0.3, 0.4) is 0 Å². The van der Waals surface area contributed by atoms with Crippen LogP contribution in [0.15, 0.2) is 24.3 Å². The maximum absolute atomic E-state index is 11.7. The number of hydrogen-bond donors (Lipinski definition) is 1. The van der Waals surface area contributed by atoms with Crippen molar-refractivity contribution in [1.82, 2.24) is 5.32 Å². The van der Waals surface area contributed by atoms with E-state index < -0.39 is 11.7 Å². The maximum Gasteiger partial charge on any atom is 0.292 e. The van der Waals surface area contributed by atoms with Crippen molar-refractivity contribution >= 4 is 11.7 Å². The summed E-state index contributed by atoms with van der Waals surface area (Å²) in [7, 11) is 0. The molecule has 0 aliphatic carbocycles. The van der Waals surface area contributed by atoms with Gasteiger partial charge in [-0.3, -0.25) is 9.59 Å². The first kappa shape index (κ1) is 13.4. The average Bonchev–Trinajstić information content (AvgIpc) is 2.27. The third-order valence-electron chi connectivity index (χ3n) is 2.47. The second-order valence-corrected chi connectivity index (χ2v) is 4.73. The largest absolute Gasteiger partial charge is 0.347 e. The van der Waals surface area contributed by atoms with Crippen LogP contribution in [0, 0.1) is 0 Å². The number of hydrogen-bond acceptors (Lipinski definition) is 2. The SMILES string of the molecule is CC(C)NC(=O)C(=O)c1ccc(C(C)C)cc1. The third-order valence-corrected chi connectivity index (χ3v) is 2.47. The lowest BCUT2D eigenvalue weighted by Crippen LogP contribution is -2.35. The smallest absolute Gasteiger partial charge is 0.292 e. The van der Waals surface area contributed by atoms with Crippen LogP contribution < -0.4 is 5.32 Å². The van der Waals surface area contributed by atoms with Gasteiger partial charge in [0.2, 0.25) is 5.78 Å². The Morgan fingerprint density at radius 3 is 1.94 bits per heavy atom. The molecule has 0 aliphatic rings. The van der Waals surface area contributed by atoms with Gasteiger partial charge < -0.3 is 5.32 Å². The van der Waals surface area contributed by atoms with Crippen LogP contribution in [-0.2, 0) is 4.79 Å². The van der Waals surface area contributed by atoms with Gasteiger partial charge in [0, 0.05) is 11.6 Å². The van der Waals surface area contributed by atoms with Crippen molar-refractivity contribution in [3.8, 4) is 0 Å². The zero-order valence-corrected chi connectivity index (χ0v) is 10.8. The number of ketones is 1. The molecule has 0 aromatic heterocycles. The highest BCUT2D eigenvalue weighted by Crippen LogP contribution is 2.14. The fourth-order valence-electron chi connectivity index (χ4n) is 1.48. The Bertz CT molecular complexity index is 405. The van der Waals surface area contributed by atoms with Gasteiger partial charge in [0.15, 0.2) is 0 Å². The topological polar surface area (TPSA) is 46.2 Å². The average molecular weight is 233 g/mol. The summed E-state index contributed by atoms with van der Waals surface area (Å²) in [6, 6.07) is 7.16. The Kier molecular flexibility index (Phi) is 4.44. The molecular formula is C14H19NO2. The molecule has 0 heterocycles. The van der Waals surface area contributed by atoms with E-state index in [0.29, 0.717) is 11.5 Å². The van der Waals surface area contributed by atoms with Gasteiger partial charge in [-0.2, -0.15) is 0 Å². The standard InChI is InChI=1S/C14H19NO2/c1-9(2)11-5-7-12(8-6-11)13(16)14(17)15-10(3)4/h5-10H,1-4H3,(H,15,17). The molecule has 3 heteroatoms. The van der Waals surface area contributed by atoms with E-state index in [4.69, 9.17) is 0 Å². The monoisotopic (exact) mass is 233 g/mol. The summed E-state index contributed by atoms with van der Waals surface area (Å²) >= 11 is 0. The molecule has 0 saturated carbocycles. The summed E-state index contributed by atoms with van der Waals surface area (Å²) in [5, 5.41) is 2.59. The van der Waals surface area contributed by atoms with Crippen LogP contribution in [0.4, 0.5) is 0 Å². The first-order valence-corrected chi connectivity index (χ1v) is 5.87. The Morgan fingerprint density at radius 2 is 1.53 bits per heavy atom. The molecule has 92 valence electrons. The van der Waals surface area contributed by atoms with Gasteiger partial charge in [0.05, 0.1) is 0 Å². The number of carbonyl (C=O) groups is 2. The zero-order valence-electron chi connectivity index (χ0n) is 10.8. The predicted molar refractivity (Wildman–Crippen MR) is 68.1 cm³/mol. The molecule has 0 aliphatic heterocycles. The summed E-state index contributed by atoms with van der Waals surface area (Å²) in [4.78, 5) is 23.3. The highest BCUT2D eigenvalue weighted by atomic mass is 16.2. The molecule has 1 amide bonds. The van der Waals surface area contributed by atoms with Crippen molar-refractivity contribution in [2.75, 3.05) is 0 Å². The minimum atomic E-state index is -0.544. The minimum Gasteiger partial charge on any atom is -0.347 e. The van der Waals surface area contributed by atoms with Crippen LogP contribution in [-0.4, -0.2) is 17.7 Å². The maximum atomic E-state index is 11.7. The summed E-state index contributed by atoms with van der Waals surface area (Å²) in [5.41, 5.74) is 1.60. The molecule has 17 heavy (non-hydrogen) atoms. The van der Waals surface area contributed by atoms with E-state index in [-0.39, 0.29) is 6.04 Å². The highest BCUT2D eigenvalue weighted by molar-refractivity contribution is 6.42. The normalized spacial score (nSPS) is 10.7. The van der Waals surface area contributed by atoms with E-state index in [1.165, 1.54) is 0 Å². The fraction of sp³-hybridized carbons (Fsp3) is 0.429. The molecule has 0 unspecified atom stereocenters. The summed E-state index contributed by atoms with van der Waals surface area (Å²) < 4.78 is 0. The molecule has 1 N–H and O–H groups in total. The Labute approximate surface area is 102 Å². The molecule has 0 radical (unpaired) electrons. The number of nitrogens with one attached hydrogen (secondary N) is 1. The van der Waals surface area contributed by atoms with Crippen LogP contribution >= 0.6 is 0 Å². The minimum absolute atomic E-state index is 0.0265. The van der Waals surface area contributed by atoms with Gasteiger partial charge in [-0.05, 0) is 25.3 Å². The number of benzene rings is 1. The van der Waals surface area contributed by atoms with Crippen molar-refractivity contribution in [2.45, 2.75) is 39.7 Å². The van der Waals surface area contributed by atoms with Crippen LogP contribution in [0.2, 0.25) is 0 Å². The Balaban J connectivity index is 2.79. The van der Waals surface area contributed by atoms with E-state index in [1.54, 1.807) is 12.1 Å². The van der Waals surface area contributed by atoms with Crippen molar-refractivity contribution < 1.29 is 9.59 Å². The van der Waals surface area contributed by atoms with Crippen molar-refractivity contribution in [3.05, 3.63) is 35.4 Å². The van der Waals surface area contributed by atoms with E-state index in [1.807, 2.05) is 26.0 Å². The molecule has 3 nitrogen and oxygen atoms in total. The van der Waals surface area contributed by atoms with Crippen LogP contribution in [0.5, 0.6) is 0 Å². The van der Waals surface area contributed by atoms with E-state index >= 15 is 0 Å². The second kappa shape index (κ2) is 5.62. The third kappa shape index (κ3) is 3.70. The fourth-order valence-corrected chi connectivity index (χ4v) is 1.48. The molecule has 0 atom stereocenters. The van der Waals surface area contributed by atoms with E-state index in [0.717, 1.165) is 5.56 Å². The first-order valence-electron chi connectivity index (χ1n) is 5.87. The number of rotatable bonds is 4. The highest BCUT2D eigenvalue weighted by Gasteiger charge is 2.16.